The molecule has 1 aromatic carbocycles. The average molecular weight is 205 g/mol. The number of hydrogen-bond donors (Lipinski definition) is 0. The minimum Gasteiger partial charge on any atom is -0.483 e. The second kappa shape index (κ2) is 4.24. The first-order chi connectivity index (χ1) is 6.92. The summed E-state index contributed by atoms with van der Waals surface area (Å²) in [6.45, 7) is 2.66. The molecule has 14 heavy (non-hydrogen) atoms. The average Bonchev–Trinajstić information content (AvgIpc) is 2.68. The molecule has 0 radical (unpaired) electrons. The topological polar surface area (TPSA) is 22.1 Å². The summed E-state index contributed by atoms with van der Waals surface area (Å²) in [5.74, 6) is 0. The SMILES string of the molecule is CCOc1sncc1-c1ccccc1. The van der Waals surface area contributed by atoms with Crippen LogP contribution >= 0.6 is 11.5 Å². The molecule has 2 rings (SSSR count). The Labute approximate surface area is 87.3 Å². The number of nitrogens with zero attached hydrogens (tertiary/aromatic N) is 1. The van der Waals surface area contributed by atoms with Gasteiger partial charge in [-0.1, -0.05) is 30.3 Å². The standard InChI is InChI=1S/C11H11NOS/c1-2-13-11-10(8-12-14-11)9-6-4-3-5-7-9/h3-8H,2H2,1H3. The predicted molar refractivity (Wildman–Crippen MR) is 58.7 cm³/mol. The van der Waals surface area contributed by atoms with E-state index in [1.807, 2.05) is 31.3 Å². The van der Waals surface area contributed by atoms with Gasteiger partial charge in [-0.25, -0.2) is 0 Å². The molecular formula is C11H11NOS. The van der Waals surface area contributed by atoms with E-state index in [1.165, 1.54) is 11.5 Å². The van der Waals surface area contributed by atoms with E-state index in [2.05, 4.69) is 16.5 Å². The zero-order valence-electron chi connectivity index (χ0n) is 7.93. The van der Waals surface area contributed by atoms with Crippen LogP contribution in [0.15, 0.2) is 36.5 Å². The molecule has 0 aliphatic heterocycles. The molecule has 0 spiro atoms. The Kier molecular flexibility index (Phi) is 2.79. The number of hydrogen-bond acceptors (Lipinski definition) is 3. The molecule has 72 valence electrons. The van der Waals surface area contributed by atoms with E-state index >= 15 is 0 Å². The van der Waals surface area contributed by atoms with Gasteiger partial charge < -0.3 is 4.74 Å². The maximum absolute atomic E-state index is 5.49. The molecule has 2 aromatic rings. The molecule has 0 aliphatic rings. The Morgan fingerprint density at radius 2 is 2.07 bits per heavy atom. The molecule has 2 nitrogen and oxygen atoms in total. The van der Waals surface area contributed by atoms with Gasteiger partial charge in [-0.3, -0.25) is 0 Å². The van der Waals surface area contributed by atoms with Crippen molar-refractivity contribution in [3.63, 3.8) is 0 Å². The summed E-state index contributed by atoms with van der Waals surface area (Å²) in [5, 5.41) is 0.902. The van der Waals surface area contributed by atoms with Gasteiger partial charge in [0.2, 0.25) is 5.06 Å². The Hall–Kier alpha value is -1.35. The Balaban J connectivity index is 2.37. The van der Waals surface area contributed by atoms with Crippen molar-refractivity contribution in [2.75, 3.05) is 6.61 Å². The fraction of sp³-hybridized carbons (Fsp3) is 0.182. The van der Waals surface area contributed by atoms with E-state index in [0.717, 1.165) is 16.2 Å². The van der Waals surface area contributed by atoms with Crippen molar-refractivity contribution < 1.29 is 4.74 Å². The van der Waals surface area contributed by atoms with Crippen LogP contribution in [0.3, 0.4) is 0 Å². The van der Waals surface area contributed by atoms with Gasteiger partial charge >= 0.3 is 0 Å². The van der Waals surface area contributed by atoms with Crippen molar-refractivity contribution in [1.82, 2.24) is 4.37 Å². The normalized spacial score (nSPS) is 10.1. The monoisotopic (exact) mass is 205 g/mol. The number of benzene rings is 1. The highest BCUT2D eigenvalue weighted by molar-refractivity contribution is 7.08. The van der Waals surface area contributed by atoms with Crippen molar-refractivity contribution in [1.29, 1.82) is 0 Å². The van der Waals surface area contributed by atoms with Crippen LogP contribution in [0.1, 0.15) is 6.92 Å². The van der Waals surface area contributed by atoms with Crippen LogP contribution in [0.5, 0.6) is 5.06 Å². The molecule has 0 saturated carbocycles. The summed E-state index contributed by atoms with van der Waals surface area (Å²) < 4.78 is 9.62. The molecule has 0 atom stereocenters. The van der Waals surface area contributed by atoms with Crippen LogP contribution in [-0.4, -0.2) is 11.0 Å². The third-order valence-corrected chi connectivity index (χ3v) is 2.61. The van der Waals surface area contributed by atoms with E-state index in [4.69, 9.17) is 4.74 Å². The summed E-state index contributed by atoms with van der Waals surface area (Å²) >= 11 is 1.40. The van der Waals surface area contributed by atoms with E-state index in [-0.39, 0.29) is 0 Å². The fourth-order valence-corrected chi connectivity index (χ4v) is 1.97. The van der Waals surface area contributed by atoms with Crippen molar-refractivity contribution in [2.45, 2.75) is 6.92 Å². The summed E-state index contributed by atoms with van der Waals surface area (Å²) in [4.78, 5) is 0. The number of rotatable bonds is 3. The van der Waals surface area contributed by atoms with E-state index < -0.39 is 0 Å². The smallest absolute Gasteiger partial charge is 0.201 e. The molecule has 3 heteroatoms. The molecule has 0 amide bonds. The number of ether oxygens (including phenoxy) is 1. The highest BCUT2D eigenvalue weighted by atomic mass is 32.1. The van der Waals surface area contributed by atoms with Gasteiger partial charge in [-0.05, 0) is 12.5 Å². The van der Waals surface area contributed by atoms with Crippen molar-refractivity contribution >= 4 is 11.5 Å². The lowest BCUT2D eigenvalue weighted by atomic mass is 10.1. The van der Waals surface area contributed by atoms with Crippen molar-refractivity contribution in [3.05, 3.63) is 36.5 Å². The van der Waals surface area contributed by atoms with Crippen LogP contribution in [-0.2, 0) is 0 Å². The predicted octanol–water partition coefficient (Wildman–Crippen LogP) is 3.21. The molecule has 0 aliphatic carbocycles. The maximum Gasteiger partial charge on any atom is 0.201 e. The molecule has 0 fully saturated rings. The first-order valence-electron chi connectivity index (χ1n) is 4.54. The third-order valence-electron chi connectivity index (χ3n) is 1.90. The lowest BCUT2D eigenvalue weighted by Crippen LogP contribution is -1.89. The fourth-order valence-electron chi connectivity index (χ4n) is 1.27. The van der Waals surface area contributed by atoms with E-state index in [1.54, 1.807) is 0 Å². The van der Waals surface area contributed by atoms with Crippen LogP contribution in [0, 0.1) is 0 Å². The Morgan fingerprint density at radius 1 is 1.29 bits per heavy atom. The lowest BCUT2D eigenvalue weighted by molar-refractivity contribution is 0.351. The third kappa shape index (κ3) is 1.77. The largest absolute Gasteiger partial charge is 0.483 e. The van der Waals surface area contributed by atoms with Gasteiger partial charge in [0.25, 0.3) is 0 Å². The molecule has 0 unspecified atom stereocenters. The maximum atomic E-state index is 5.49. The van der Waals surface area contributed by atoms with Crippen LogP contribution < -0.4 is 4.74 Å². The molecule has 0 bridgehead atoms. The van der Waals surface area contributed by atoms with Gasteiger partial charge in [0, 0.05) is 11.5 Å². The molecular weight excluding hydrogens is 194 g/mol. The quantitative estimate of drug-likeness (QED) is 0.767. The molecule has 0 saturated heterocycles. The van der Waals surface area contributed by atoms with Gasteiger partial charge in [0.1, 0.15) is 0 Å². The van der Waals surface area contributed by atoms with Crippen molar-refractivity contribution in [2.24, 2.45) is 0 Å². The molecule has 1 aromatic heterocycles. The molecule has 0 N–H and O–H groups in total. The van der Waals surface area contributed by atoms with Crippen LogP contribution in [0.25, 0.3) is 11.1 Å². The summed E-state index contributed by atoms with van der Waals surface area (Å²) in [6, 6.07) is 10.2. The second-order valence-corrected chi connectivity index (χ2v) is 3.59. The van der Waals surface area contributed by atoms with Gasteiger partial charge in [0.05, 0.1) is 18.4 Å². The summed E-state index contributed by atoms with van der Waals surface area (Å²) in [5.41, 5.74) is 2.24. The van der Waals surface area contributed by atoms with E-state index in [0.29, 0.717) is 6.61 Å². The summed E-state index contributed by atoms with van der Waals surface area (Å²) in [6.07, 6.45) is 1.85. The van der Waals surface area contributed by atoms with E-state index in [9.17, 15) is 0 Å². The van der Waals surface area contributed by atoms with Crippen LogP contribution in [0.2, 0.25) is 0 Å². The minimum absolute atomic E-state index is 0.683. The van der Waals surface area contributed by atoms with Gasteiger partial charge in [0.15, 0.2) is 0 Å². The highest BCUT2D eigenvalue weighted by Crippen LogP contribution is 2.32. The van der Waals surface area contributed by atoms with Crippen LogP contribution in [0.4, 0.5) is 0 Å². The minimum atomic E-state index is 0.683. The van der Waals surface area contributed by atoms with Crippen molar-refractivity contribution in [3.8, 4) is 16.2 Å². The van der Waals surface area contributed by atoms with Gasteiger partial charge in [-0.2, -0.15) is 4.37 Å². The van der Waals surface area contributed by atoms with Gasteiger partial charge in [-0.15, -0.1) is 0 Å². The number of aromatic nitrogens is 1. The summed E-state index contributed by atoms with van der Waals surface area (Å²) in [7, 11) is 0. The highest BCUT2D eigenvalue weighted by Gasteiger charge is 2.07. The second-order valence-electron chi connectivity index (χ2n) is 2.83. The lowest BCUT2D eigenvalue weighted by Gasteiger charge is -2.02. The first-order valence-corrected chi connectivity index (χ1v) is 5.32. The zero-order chi connectivity index (χ0) is 9.80. The Bertz CT molecular complexity index is 397. The Morgan fingerprint density at radius 3 is 2.79 bits per heavy atom. The molecule has 1 heterocycles. The zero-order valence-corrected chi connectivity index (χ0v) is 8.75. The first kappa shape index (κ1) is 9.21.